The first-order chi connectivity index (χ1) is 9.47. The van der Waals surface area contributed by atoms with E-state index in [2.05, 4.69) is 31.3 Å². The third kappa shape index (κ3) is 3.97. The van der Waals surface area contributed by atoms with Crippen LogP contribution in [-0.2, 0) is 4.79 Å². The molecule has 4 nitrogen and oxygen atoms in total. The number of nitrogens with one attached hydrogen (secondary N) is 1. The largest absolute Gasteiger partial charge is 0.491 e. The Balaban J connectivity index is 2.04. The molecule has 20 heavy (non-hydrogen) atoms. The number of aryl methyl sites for hydroxylation is 1. The molecule has 1 aliphatic rings. The predicted molar refractivity (Wildman–Crippen MR) is 78.3 cm³/mol. The number of ether oxygens (including phenoxy) is 1. The minimum atomic E-state index is -0.851. The number of carboxylic acid groups (broad SMARTS) is 1. The fourth-order valence-electron chi connectivity index (χ4n) is 2.14. The molecule has 2 N–H and O–H groups in total. The zero-order valence-electron chi connectivity index (χ0n) is 12.3. The van der Waals surface area contributed by atoms with Crippen molar-refractivity contribution in [3.8, 4) is 5.75 Å². The van der Waals surface area contributed by atoms with Gasteiger partial charge in [0.2, 0.25) is 0 Å². The van der Waals surface area contributed by atoms with Crippen LogP contribution in [0.3, 0.4) is 0 Å². The summed E-state index contributed by atoms with van der Waals surface area (Å²) in [4.78, 5) is 11.2. The van der Waals surface area contributed by atoms with Gasteiger partial charge in [0.15, 0.2) is 0 Å². The van der Waals surface area contributed by atoms with Crippen molar-refractivity contribution in [3.05, 3.63) is 29.3 Å². The van der Waals surface area contributed by atoms with Crippen molar-refractivity contribution in [2.75, 3.05) is 6.61 Å². The van der Waals surface area contributed by atoms with E-state index in [4.69, 9.17) is 4.74 Å². The maximum atomic E-state index is 11.2. The van der Waals surface area contributed by atoms with E-state index in [0.717, 1.165) is 29.7 Å². The van der Waals surface area contributed by atoms with Crippen molar-refractivity contribution in [1.29, 1.82) is 0 Å². The van der Waals surface area contributed by atoms with Gasteiger partial charge in [-0.15, -0.1) is 0 Å². The van der Waals surface area contributed by atoms with E-state index in [0.29, 0.717) is 12.0 Å². The molecule has 1 saturated carbocycles. The molecule has 1 atom stereocenters. The summed E-state index contributed by atoms with van der Waals surface area (Å²) in [6, 6.07) is 5.80. The van der Waals surface area contributed by atoms with E-state index in [1.165, 1.54) is 0 Å². The first-order valence-electron chi connectivity index (χ1n) is 7.19. The number of carbonyl (C=O) groups is 1. The van der Waals surface area contributed by atoms with Crippen LogP contribution in [0.25, 0.3) is 0 Å². The Labute approximate surface area is 120 Å². The Morgan fingerprint density at radius 3 is 2.70 bits per heavy atom. The smallest absolute Gasteiger partial charge is 0.324 e. The van der Waals surface area contributed by atoms with Gasteiger partial charge in [0.1, 0.15) is 18.4 Å². The number of hydrogen-bond acceptors (Lipinski definition) is 3. The minimum absolute atomic E-state index is 0.162. The molecule has 1 aliphatic carbocycles. The molecule has 0 bridgehead atoms. The summed E-state index contributed by atoms with van der Waals surface area (Å²) in [6.45, 7) is 6.38. The molecule has 0 aliphatic heterocycles. The Kier molecular flexibility index (Phi) is 4.65. The van der Waals surface area contributed by atoms with Crippen molar-refractivity contribution >= 4 is 5.97 Å². The van der Waals surface area contributed by atoms with Crippen LogP contribution in [0.2, 0.25) is 0 Å². The predicted octanol–water partition coefficient (Wildman–Crippen LogP) is 2.70. The van der Waals surface area contributed by atoms with Crippen molar-refractivity contribution in [3.63, 3.8) is 0 Å². The highest BCUT2D eigenvalue weighted by atomic mass is 16.5. The SMILES string of the molecule is Cc1ccc(C(C)C)c(OCC(NC2CC2)C(=O)O)c1. The monoisotopic (exact) mass is 277 g/mol. The topological polar surface area (TPSA) is 58.6 Å². The standard InChI is InChI=1S/C16H23NO3/c1-10(2)13-7-4-11(3)8-15(13)20-9-14(16(18)19)17-12-5-6-12/h4,7-8,10,12,14,17H,5-6,9H2,1-3H3,(H,18,19). The summed E-state index contributed by atoms with van der Waals surface area (Å²) < 4.78 is 5.79. The average Bonchev–Trinajstić information content (AvgIpc) is 3.17. The zero-order chi connectivity index (χ0) is 14.7. The quantitative estimate of drug-likeness (QED) is 0.804. The highest BCUT2D eigenvalue weighted by Crippen LogP contribution is 2.27. The van der Waals surface area contributed by atoms with Crippen LogP contribution in [0.15, 0.2) is 18.2 Å². The lowest BCUT2D eigenvalue weighted by atomic mass is 10.0. The van der Waals surface area contributed by atoms with Gasteiger partial charge in [0.25, 0.3) is 0 Å². The number of benzene rings is 1. The normalized spacial score (nSPS) is 16.2. The van der Waals surface area contributed by atoms with Crippen molar-refractivity contribution in [1.82, 2.24) is 5.32 Å². The van der Waals surface area contributed by atoms with E-state index in [1.807, 2.05) is 13.0 Å². The molecule has 1 unspecified atom stereocenters. The van der Waals surface area contributed by atoms with Crippen LogP contribution in [0.4, 0.5) is 0 Å². The molecular formula is C16H23NO3. The number of aliphatic carboxylic acids is 1. The maximum absolute atomic E-state index is 11.2. The van der Waals surface area contributed by atoms with Gasteiger partial charge < -0.3 is 9.84 Å². The second-order valence-corrected chi connectivity index (χ2v) is 5.84. The minimum Gasteiger partial charge on any atom is -0.491 e. The molecule has 0 spiro atoms. The van der Waals surface area contributed by atoms with Gasteiger partial charge in [0.05, 0.1) is 0 Å². The average molecular weight is 277 g/mol. The van der Waals surface area contributed by atoms with E-state index in [1.54, 1.807) is 0 Å². The molecular weight excluding hydrogens is 254 g/mol. The fraction of sp³-hybridized carbons (Fsp3) is 0.562. The van der Waals surface area contributed by atoms with E-state index in [-0.39, 0.29) is 6.61 Å². The molecule has 0 saturated heterocycles. The van der Waals surface area contributed by atoms with E-state index in [9.17, 15) is 9.90 Å². The van der Waals surface area contributed by atoms with Gasteiger partial charge in [-0.2, -0.15) is 0 Å². The number of rotatable bonds is 7. The molecule has 0 amide bonds. The van der Waals surface area contributed by atoms with E-state index < -0.39 is 12.0 Å². The van der Waals surface area contributed by atoms with Gasteiger partial charge >= 0.3 is 5.97 Å². The second-order valence-electron chi connectivity index (χ2n) is 5.84. The van der Waals surface area contributed by atoms with Gasteiger partial charge in [-0.05, 0) is 42.9 Å². The molecule has 0 heterocycles. The highest BCUT2D eigenvalue weighted by molar-refractivity contribution is 5.73. The molecule has 4 heteroatoms. The first kappa shape index (κ1) is 14.9. The Morgan fingerprint density at radius 1 is 1.45 bits per heavy atom. The number of hydrogen-bond donors (Lipinski definition) is 2. The van der Waals surface area contributed by atoms with Crippen LogP contribution in [0.5, 0.6) is 5.75 Å². The Hall–Kier alpha value is -1.55. The number of carboxylic acids is 1. The summed E-state index contributed by atoms with van der Waals surface area (Å²) >= 11 is 0. The Bertz CT molecular complexity index is 481. The lowest BCUT2D eigenvalue weighted by Gasteiger charge is -2.18. The van der Waals surface area contributed by atoms with Gasteiger partial charge in [-0.3, -0.25) is 10.1 Å². The molecule has 0 aromatic heterocycles. The maximum Gasteiger partial charge on any atom is 0.324 e. The van der Waals surface area contributed by atoms with E-state index >= 15 is 0 Å². The van der Waals surface area contributed by atoms with Crippen molar-refractivity contribution in [2.24, 2.45) is 0 Å². The fourth-order valence-corrected chi connectivity index (χ4v) is 2.14. The first-order valence-corrected chi connectivity index (χ1v) is 7.19. The van der Waals surface area contributed by atoms with Crippen molar-refractivity contribution < 1.29 is 14.6 Å². The van der Waals surface area contributed by atoms with Crippen LogP contribution in [0.1, 0.15) is 43.7 Å². The molecule has 1 aromatic rings. The summed E-state index contributed by atoms with van der Waals surface area (Å²) in [5, 5.41) is 12.3. The lowest BCUT2D eigenvalue weighted by Crippen LogP contribution is -2.42. The van der Waals surface area contributed by atoms with Gasteiger partial charge in [-0.1, -0.05) is 26.0 Å². The Morgan fingerprint density at radius 2 is 2.15 bits per heavy atom. The third-order valence-corrected chi connectivity index (χ3v) is 3.51. The summed E-state index contributed by atoms with van der Waals surface area (Å²) in [5.41, 5.74) is 2.23. The third-order valence-electron chi connectivity index (χ3n) is 3.51. The lowest BCUT2D eigenvalue weighted by molar-refractivity contribution is -0.140. The van der Waals surface area contributed by atoms with Crippen LogP contribution in [0, 0.1) is 6.92 Å². The summed E-state index contributed by atoms with van der Waals surface area (Å²) in [5.74, 6) is 0.296. The van der Waals surface area contributed by atoms with Crippen LogP contribution < -0.4 is 10.1 Å². The summed E-state index contributed by atoms with van der Waals surface area (Å²) in [7, 11) is 0. The molecule has 1 fully saturated rings. The van der Waals surface area contributed by atoms with Crippen molar-refractivity contribution in [2.45, 2.75) is 51.6 Å². The molecule has 0 radical (unpaired) electrons. The molecule has 110 valence electrons. The summed E-state index contributed by atoms with van der Waals surface area (Å²) in [6.07, 6.45) is 2.12. The second kappa shape index (κ2) is 6.27. The molecule has 2 rings (SSSR count). The van der Waals surface area contributed by atoms with Gasteiger partial charge in [0, 0.05) is 6.04 Å². The van der Waals surface area contributed by atoms with Crippen LogP contribution in [-0.4, -0.2) is 29.8 Å². The zero-order valence-corrected chi connectivity index (χ0v) is 12.3. The highest BCUT2D eigenvalue weighted by Gasteiger charge is 2.28. The van der Waals surface area contributed by atoms with Gasteiger partial charge in [-0.25, -0.2) is 0 Å². The molecule has 1 aromatic carbocycles. The van der Waals surface area contributed by atoms with Crippen LogP contribution >= 0.6 is 0 Å².